The topological polar surface area (TPSA) is 9.23 Å². The highest BCUT2D eigenvalue weighted by atomic mass is 79.9. The predicted octanol–water partition coefficient (Wildman–Crippen LogP) is 4.27. The first-order valence-corrected chi connectivity index (χ1v) is 8.22. The van der Waals surface area contributed by atoms with Crippen molar-refractivity contribution < 1.29 is 4.74 Å². The zero-order valence-corrected chi connectivity index (χ0v) is 13.0. The van der Waals surface area contributed by atoms with Gasteiger partial charge in [-0.15, -0.1) is 11.8 Å². The van der Waals surface area contributed by atoms with E-state index in [1.165, 1.54) is 4.90 Å². The highest BCUT2D eigenvalue weighted by Gasteiger charge is 2.31. The van der Waals surface area contributed by atoms with Crippen LogP contribution in [-0.4, -0.2) is 24.7 Å². The summed E-state index contributed by atoms with van der Waals surface area (Å²) in [6.45, 7) is 1.78. The SMILES string of the molecule is SCC1(CSc2ccc(Br)cc2)CCOCC1. The molecule has 2 rings (SSSR count). The molecule has 0 N–H and O–H groups in total. The maximum Gasteiger partial charge on any atom is 0.0471 e. The average Bonchev–Trinajstić information content (AvgIpc) is 2.39. The summed E-state index contributed by atoms with van der Waals surface area (Å²) < 4.78 is 6.58. The van der Waals surface area contributed by atoms with Gasteiger partial charge >= 0.3 is 0 Å². The number of halogens is 1. The van der Waals surface area contributed by atoms with Crippen LogP contribution in [0.2, 0.25) is 0 Å². The molecule has 1 aliphatic heterocycles. The van der Waals surface area contributed by atoms with Crippen molar-refractivity contribution >= 4 is 40.3 Å². The van der Waals surface area contributed by atoms with Gasteiger partial charge in [-0.05, 0) is 48.3 Å². The second-order valence-electron chi connectivity index (χ2n) is 4.51. The van der Waals surface area contributed by atoms with Gasteiger partial charge in [0.2, 0.25) is 0 Å². The van der Waals surface area contributed by atoms with Crippen molar-refractivity contribution in [1.82, 2.24) is 0 Å². The minimum Gasteiger partial charge on any atom is -0.381 e. The largest absolute Gasteiger partial charge is 0.381 e. The number of hydrogen-bond donors (Lipinski definition) is 1. The van der Waals surface area contributed by atoms with Gasteiger partial charge in [0.25, 0.3) is 0 Å². The maximum absolute atomic E-state index is 5.44. The van der Waals surface area contributed by atoms with Gasteiger partial charge in [0.05, 0.1) is 0 Å². The first-order valence-electron chi connectivity index (χ1n) is 5.81. The van der Waals surface area contributed by atoms with E-state index in [1.54, 1.807) is 0 Å². The molecule has 0 amide bonds. The fourth-order valence-electron chi connectivity index (χ4n) is 1.92. The molecular weight excluding hydrogens is 316 g/mol. The molecule has 1 aliphatic rings. The fourth-order valence-corrected chi connectivity index (χ4v) is 3.96. The minimum absolute atomic E-state index is 0.360. The predicted molar refractivity (Wildman–Crippen MR) is 81.2 cm³/mol. The van der Waals surface area contributed by atoms with Gasteiger partial charge < -0.3 is 4.74 Å². The Morgan fingerprint density at radius 3 is 2.47 bits per heavy atom. The van der Waals surface area contributed by atoms with E-state index in [-0.39, 0.29) is 0 Å². The van der Waals surface area contributed by atoms with Crippen LogP contribution in [0.15, 0.2) is 33.6 Å². The monoisotopic (exact) mass is 332 g/mol. The van der Waals surface area contributed by atoms with E-state index in [0.717, 1.165) is 42.0 Å². The molecular formula is C13H17BrOS2. The van der Waals surface area contributed by atoms with Gasteiger partial charge in [-0.2, -0.15) is 12.6 Å². The van der Waals surface area contributed by atoms with Crippen LogP contribution in [0.4, 0.5) is 0 Å². The zero-order chi connectivity index (χ0) is 12.1. The Morgan fingerprint density at radius 1 is 1.24 bits per heavy atom. The second-order valence-corrected chi connectivity index (χ2v) is 6.79. The molecule has 0 unspecified atom stereocenters. The van der Waals surface area contributed by atoms with Crippen molar-refractivity contribution in [3.63, 3.8) is 0 Å². The molecule has 0 bridgehead atoms. The summed E-state index contributed by atoms with van der Waals surface area (Å²) in [6, 6.07) is 8.53. The normalized spacial score (nSPS) is 19.2. The third-order valence-corrected chi connectivity index (χ3v) is 5.81. The summed E-state index contributed by atoms with van der Waals surface area (Å²) in [5.41, 5.74) is 0.360. The van der Waals surface area contributed by atoms with Crippen LogP contribution in [0.25, 0.3) is 0 Å². The molecule has 0 radical (unpaired) electrons. The Morgan fingerprint density at radius 2 is 1.88 bits per heavy atom. The lowest BCUT2D eigenvalue weighted by molar-refractivity contribution is 0.0371. The zero-order valence-electron chi connectivity index (χ0n) is 9.69. The molecule has 0 saturated carbocycles. The lowest BCUT2D eigenvalue weighted by Crippen LogP contribution is -2.33. The van der Waals surface area contributed by atoms with Gasteiger partial charge in [-0.1, -0.05) is 15.9 Å². The van der Waals surface area contributed by atoms with Crippen molar-refractivity contribution in [3.8, 4) is 0 Å². The fraction of sp³-hybridized carbons (Fsp3) is 0.538. The van der Waals surface area contributed by atoms with Crippen molar-refractivity contribution in [2.24, 2.45) is 5.41 Å². The molecule has 0 aromatic heterocycles. The molecule has 0 aliphatic carbocycles. The van der Waals surface area contributed by atoms with Crippen molar-refractivity contribution in [3.05, 3.63) is 28.7 Å². The maximum atomic E-state index is 5.44. The second kappa shape index (κ2) is 6.50. The molecule has 1 nitrogen and oxygen atoms in total. The van der Waals surface area contributed by atoms with Crippen molar-refractivity contribution in [1.29, 1.82) is 0 Å². The van der Waals surface area contributed by atoms with Gasteiger partial charge in [0, 0.05) is 28.3 Å². The van der Waals surface area contributed by atoms with Crippen LogP contribution < -0.4 is 0 Å². The molecule has 1 aromatic rings. The molecule has 0 spiro atoms. The average molecular weight is 333 g/mol. The van der Waals surface area contributed by atoms with E-state index in [1.807, 2.05) is 11.8 Å². The van der Waals surface area contributed by atoms with E-state index < -0.39 is 0 Å². The lowest BCUT2D eigenvalue weighted by atomic mass is 9.84. The van der Waals surface area contributed by atoms with Gasteiger partial charge in [0.15, 0.2) is 0 Å². The van der Waals surface area contributed by atoms with Gasteiger partial charge in [0.1, 0.15) is 0 Å². The first-order chi connectivity index (χ1) is 8.24. The van der Waals surface area contributed by atoms with Crippen LogP contribution in [-0.2, 0) is 4.74 Å². The first kappa shape index (κ1) is 13.8. The number of ether oxygens (including phenoxy) is 1. The van der Waals surface area contributed by atoms with E-state index in [4.69, 9.17) is 4.74 Å². The number of thioether (sulfide) groups is 1. The Kier molecular flexibility index (Phi) is 5.27. The highest BCUT2D eigenvalue weighted by molar-refractivity contribution is 9.10. The summed E-state index contributed by atoms with van der Waals surface area (Å²) in [5, 5.41) is 0. The van der Waals surface area contributed by atoms with E-state index in [9.17, 15) is 0 Å². The summed E-state index contributed by atoms with van der Waals surface area (Å²) in [7, 11) is 0. The summed E-state index contributed by atoms with van der Waals surface area (Å²) in [6.07, 6.45) is 2.28. The van der Waals surface area contributed by atoms with E-state index in [0.29, 0.717) is 5.41 Å². The molecule has 1 saturated heterocycles. The van der Waals surface area contributed by atoms with Crippen LogP contribution >= 0.6 is 40.3 Å². The number of benzene rings is 1. The Balaban J connectivity index is 1.93. The quantitative estimate of drug-likeness (QED) is 0.651. The number of thiol groups is 1. The Labute approximate surface area is 121 Å². The number of rotatable bonds is 4. The summed E-state index contributed by atoms with van der Waals surface area (Å²) in [4.78, 5) is 1.33. The molecule has 4 heteroatoms. The van der Waals surface area contributed by atoms with Gasteiger partial charge in [-0.25, -0.2) is 0 Å². The van der Waals surface area contributed by atoms with Crippen LogP contribution in [0, 0.1) is 5.41 Å². The molecule has 1 fully saturated rings. The smallest absolute Gasteiger partial charge is 0.0471 e. The molecule has 17 heavy (non-hydrogen) atoms. The lowest BCUT2D eigenvalue weighted by Gasteiger charge is -2.35. The highest BCUT2D eigenvalue weighted by Crippen LogP contribution is 2.37. The summed E-state index contributed by atoms with van der Waals surface area (Å²) in [5.74, 6) is 2.10. The van der Waals surface area contributed by atoms with Crippen LogP contribution in [0.3, 0.4) is 0 Å². The third-order valence-electron chi connectivity index (χ3n) is 3.25. The van der Waals surface area contributed by atoms with Crippen LogP contribution in [0.1, 0.15) is 12.8 Å². The number of hydrogen-bond acceptors (Lipinski definition) is 3. The van der Waals surface area contributed by atoms with Gasteiger partial charge in [-0.3, -0.25) is 0 Å². The molecule has 1 heterocycles. The molecule has 0 atom stereocenters. The van der Waals surface area contributed by atoms with Crippen molar-refractivity contribution in [2.45, 2.75) is 17.7 Å². The third kappa shape index (κ3) is 3.91. The standard InChI is InChI=1S/C13H17BrOS2/c14-11-1-3-12(4-2-11)17-10-13(9-16)5-7-15-8-6-13/h1-4,16H,5-10H2. The van der Waals surface area contributed by atoms with Crippen molar-refractivity contribution in [2.75, 3.05) is 24.7 Å². The van der Waals surface area contributed by atoms with E-state index >= 15 is 0 Å². The Hall–Kier alpha value is 0.360. The van der Waals surface area contributed by atoms with Crippen LogP contribution in [0.5, 0.6) is 0 Å². The minimum atomic E-state index is 0.360. The van der Waals surface area contributed by atoms with E-state index in [2.05, 4.69) is 52.8 Å². The molecule has 1 aromatic carbocycles. The Bertz CT molecular complexity index is 347. The summed E-state index contributed by atoms with van der Waals surface area (Å²) >= 11 is 9.93. The molecule has 94 valence electrons.